The molecule has 98 valence electrons. The molecule has 1 N–H and O–H groups in total. The number of nitrogens with zero attached hydrogens (tertiary/aromatic N) is 3. The number of rotatable bonds is 2. The number of hydrogen-bond donors (Lipinski definition) is 1. The van der Waals surface area contributed by atoms with E-state index in [2.05, 4.69) is 29.0 Å². The zero-order valence-corrected chi connectivity index (χ0v) is 10.9. The lowest BCUT2D eigenvalue weighted by Crippen LogP contribution is -2.54. The molecule has 2 heterocycles. The fourth-order valence-corrected chi connectivity index (χ4v) is 2.27. The highest BCUT2D eigenvalue weighted by Gasteiger charge is 2.25. The highest BCUT2D eigenvalue weighted by atomic mass is 16.6. The zero-order valence-electron chi connectivity index (χ0n) is 10.9. The Balaban J connectivity index is 2.30. The average molecular weight is 250 g/mol. The van der Waals surface area contributed by atoms with Crippen molar-refractivity contribution >= 4 is 11.5 Å². The number of aromatic nitrogens is 1. The molecule has 6 heteroatoms. The van der Waals surface area contributed by atoms with Crippen molar-refractivity contribution in [1.29, 1.82) is 0 Å². The van der Waals surface area contributed by atoms with Gasteiger partial charge in [0, 0.05) is 31.2 Å². The second-order valence-corrected chi connectivity index (χ2v) is 4.90. The molecule has 6 nitrogen and oxygen atoms in total. The van der Waals surface area contributed by atoms with Gasteiger partial charge in [-0.05, 0) is 26.3 Å². The summed E-state index contributed by atoms with van der Waals surface area (Å²) in [6, 6.07) is 2.33. The molecule has 2 rings (SSSR count). The molecule has 0 spiro atoms. The normalized spacial score (nSPS) is 24.1. The molecule has 1 fully saturated rings. The van der Waals surface area contributed by atoms with Gasteiger partial charge in [0.2, 0.25) is 0 Å². The highest BCUT2D eigenvalue weighted by Crippen LogP contribution is 2.24. The van der Waals surface area contributed by atoms with Crippen LogP contribution in [0.4, 0.5) is 11.5 Å². The third kappa shape index (κ3) is 2.43. The molecule has 0 amide bonds. The maximum absolute atomic E-state index is 10.7. The number of piperazine rings is 1. The Hall–Kier alpha value is -1.69. The first-order valence-corrected chi connectivity index (χ1v) is 6.10. The topological polar surface area (TPSA) is 71.3 Å². The second kappa shape index (κ2) is 4.89. The van der Waals surface area contributed by atoms with Crippen LogP contribution in [0, 0.1) is 17.0 Å². The van der Waals surface area contributed by atoms with Crippen LogP contribution in [0.5, 0.6) is 0 Å². The van der Waals surface area contributed by atoms with Crippen LogP contribution in [0.25, 0.3) is 0 Å². The minimum atomic E-state index is -0.409. The van der Waals surface area contributed by atoms with Crippen molar-refractivity contribution in [2.24, 2.45) is 0 Å². The van der Waals surface area contributed by atoms with Crippen LogP contribution in [-0.2, 0) is 0 Å². The molecule has 0 aliphatic carbocycles. The van der Waals surface area contributed by atoms with E-state index in [1.54, 1.807) is 6.07 Å². The molecule has 0 saturated carbocycles. The van der Waals surface area contributed by atoms with E-state index in [-0.39, 0.29) is 5.69 Å². The maximum atomic E-state index is 10.7. The van der Waals surface area contributed by atoms with Crippen LogP contribution >= 0.6 is 0 Å². The van der Waals surface area contributed by atoms with Crippen molar-refractivity contribution in [2.75, 3.05) is 18.0 Å². The standard InChI is InChI=1S/C12H18N4O2/c1-8-4-11(16(17)18)6-14-12(8)15-7-9(2)13-5-10(15)3/h4,6,9-10,13H,5,7H2,1-3H3. The Kier molecular flexibility index (Phi) is 3.47. The number of hydrogen-bond acceptors (Lipinski definition) is 5. The molecule has 1 saturated heterocycles. The summed E-state index contributed by atoms with van der Waals surface area (Å²) in [7, 11) is 0. The highest BCUT2D eigenvalue weighted by molar-refractivity contribution is 5.51. The van der Waals surface area contributed by atoms with Gasteiger partial charge in [-0.3, -0.25) is 10.1 Å². The van der Waals surface area contributed by atoms with Gasteiger partial charge in [0.15, 0.2) is 0 Å². The van der Waals surface area contributed by atoms with Gasteiger partial charge in [0.1, 0.15) is 12.0 Å². The van der Waals surface area contributed by atoms with Crippen molar-refractivity contribution in [2.45, 2.75) is 32.9 Å². The van der Waals surface area contributed by atoms with Crippen molar-refractivity contribution < 1.29 is 4.92 Å². The number of anilines is 1. The lowest BCUT2D eigenvalue weighted by Gasteiger charge is -2.39. The summed E-state index contributed by atoms with van der Waals surface area (Å²) >= 11 is 0. The van der Waals surface area contributed by atoms with Gasteiger partial charge < -0.3 is 10.2 Å². The molecule has 1 aliphatic heterocycles. The van der Waals surface area contributed by atoms with E-state index in [1.807, 2.05) is 6.92 Å². The molecule has 1 aromatic heterocycles. The van der Waals surface area contributed by atoms with Gasteiger partial charge in [0.05, 0.1) is 4.92 Å². The minimum absolute atomic E-state index is 0.0482. The first-order valence-electron chi connectivity index (χ1n) is 6.10. The molecule has 0 radical (unpaired) electrons. The molecule has 2 unspecified atom stereocenters. The Morgan fingerprint density at radius 3 is 2.89 bits per heavy atom. The Morgan fingerprint density at radius 2 is 2.28 bits per heavy atom. The largest absolute Gasteiger partial charge is 0.351 e. The van der Waals surface area contributed by atoms with E-state index in [0.29, 0.717) is 12.1 Å². The van der Waals surface area contributed by atoms with E-state index in [9.17, 15) is 10.1 Å². The van der Waals surface area contributed by atoms with Crippen LogP contribution in [0.3, 0.4) is 0 Å². The third-order valence-corrected chi connectivity index (χ3v) is 3.28. The van der Waals surface area contributed by atoms with Gasteiger partial charge in [-0.15, -0.1) is 0 Å². The van der Waals surface area contributed by atoms with Crippen LogP contribution in [-0.4, -0.2) is 35.1 Å². The van der Waals surface area contributed by atoms with E-state index in [4.69, 9.17) is 0 Å². The molecule has 1 aromatic rings. The average Bonchev–Trinajstić information content (AvgIpc) is 2.32. The summed E-state index contributed by atoms with van der Waals surface area (Å²) in [6.07, 6.45) is 1.34. The van der Waals surface area contributed by atoms with Crippen LogP contribution in [0.1, 0.15) is 19.4 Å². The van der Waals surface area contributed by atoms with Crippen molar-refractivity contribution in [3.63, 3.8) is 0 Å². The lowest BCUT2D eigenvalue weighted by molar-refractivity contribution is -0.385. The van der Waals surface area contributed by atoms with Crippen LogP contribution < -0.4 is 10.2 Å². The number of nitro groups is 1. The van der Waals surface area contributed by atoms with E-state index in [1.165, 1.54) is 6.20 Å². The van der Waals surface area contributed by atoms with Gasteiger partial charge in [-0.25, -0.2) is 4.98 Å². The first-order chi connectivity index (χ1) is 8.49. The molecule has 1 aliphatic rings. The summed E-state index contributed by atoms with van der Waals surface area (Å²) < 4.78 is 0. The monoisotopic (exact) mass is 250 g/mol. The predicted octanol–water partition coefficient (Wildman–Crippen LogP) is 1.48. The summed E-state index contributed by atoms with van der Waals surface area (Å²) in [6.45, 7) is 7.89. The van der Waals surface area contributed by atoms with Gasteiger partial charge in [-0.1, -0.05) is 0 Å². The minimum Gasteiger partial charge on any atom is -0.351 e. The van der Waals surface area contributed by atoms with E-state index >= 15 is 0 Å². The van der Waals surface area contributed by atoms with Gasteiger partial charge in [0.25, 0.3) is 5.69 Å². The van der Waals surface area contributed by atoms with E-state index in [0.717, 1.165) is 24.5 Å². The van der Waals surface area contributed by atoms with Crippen LogP contribution in [0.15, 0.2) is 12.3 Å². The summed E-state index contributed by atoms with van der Waals surface area (Å²) in [5, 5.41) is 14.1. The zero-order chi connectivity index (χ0) is 13.3. The summed E-state index contributed by atoms with van der Waals surface area (Å²) in [5.74, 6) is 0.849. The fraction of sp³-hybridized carbons (Fsp3) is 0.583. The van der Waals surface area contributed by atoms with Crippen molar-refractivity contribution in [1.82, 2.24) is 10.3 Å². The first kappa shape index (κ1) is 12.8. The number of aryl methyl sites for hydroxylation is 1. The van der Waals surface area contributed by atoms with E-state index < -0.39 is 4.92 Å². The Morgan fingerprint density at radius 1 is 1.56 bits per heavy atom. The SMILES string of the molecule is Cc1cc([N+](=O)[O-])cnc1N1CC(C)NCC1C. The second-order valence-electron chi connectivity index (χ2n) is 4.90. The smallest absolute Gasteiger partial charge is 0.287 e. The fourth-order valence-electron chi connectivity index (χ4n) is 2.27. The summed E-state index contributed by atoms with van der Waals surface area (Å²) in [5.41, 5.74) is 0.900. The summed E-state index contributed by atoms with van der Waals surface area (Å²) in [4.78, 5) is 16.8. The van der Waals surface area contributed by atoms with Crippen LogP contribution in [0.2, 0.25) is 0 Å². The lowest BCUT2D eigenvalue weighted by atomic mass is 10.1. The molecule has 0 aromatic carbocycles. The molecular formula is C12H18N4O2. The van der Waals surface area contributed by atoms with Crippen molar-refractivity contribution in [3.8, 4) is 0 Å². The van der Waals surface area contributed by atoms with Gasteiger partial charge >= 0.3 is 0 Å². The molecule has 2 atom stereocenters. The quantitative estimate of drug-likeness (QED) is 0.636. The number of pyridine rings is 1. The third-order valence-electron chi connectivity index (χ3n) is 3.28. The molecule has 0 bridgehead atoms. The molecular weight excluding hydrogens is 232 g/mol. The van der Waals surface area contributed by atoms with Gasteiger partial charge in [-0.2, -0.15) is 0 Å². The predicted molar refractivity (Wildman–Crippen MR) is 69.9 cm³/mol. The Labute approximate surface area is 106 Å². The van der Waals surface area contributed by atoms with Crippen molar-refractivity contribution in [3.05, 3.63) is 27.9 Å². The number of nitrogens with one attached hydrogen (secondary N) is 1. The molecule has 18 heavy (non-hydrogen) atoms. The Bertz CT molecular complexity index is 463. The maximum Gasteiger partial charge on any atom is 0.287 e.